The number of nitrogens with one attached hydrogen (secondary N) is 2. The molecule has 1 heterocycles. The summed E-state index contributed by atoms with van der Waals surface area (Å²) in [4.78, 5) is 11.6. The summed E-state index contributed by atoms with van der Waals surface area (Å²) in [5, 5.41) is 18.0. The van der Waals surface area contributed by atoms with Crippen molar-refractivity contribution in [2.45, 2.75) is 25.9 Å². The number of benzene rings is 2. The summed E-state index contributed by atoms with van der Waals surface area (Å²) in [5.74, 6) is 0.770. The Morgan fingerprint density at radius 3 is 2.91 bits per heavy atom. The molecule has 1 unspecified atom stereocenters. The van der Waals surface area contributed by atoms with Crippen LogP contribution in [-0.4, -0.2) is 30.8 Å². The molecule has 0 saturated carbocycles. The first-order valence-corrected chi connectivity index (χ1v) is 8.07. The molecular weight excluding hydrogens is 292 g/mol. The van der Waals surface area contributed by atoms with Crippen LogP contribution in [0.1, 0.15) is 30.6 Å². The second-order valence-electron chi connectivity index (χ2n) is 5.76. The van der Waals surface area contributed by atoms with Gasteiger partial charge in [0.1, 0.15) is 18.5 Å². The average Bonchev–Trinajstić information content (AvgIpc) is 2.95. The summed E-state index contributed by atoms with van der Waals surface area (Å²) in [6.45, 7) is 3.51. The lowest BCUT2D eigenvalue weighted by Crippen LogP contribution is -2.36. The number of fused-ring (bicyclic) bond motifs is 3. The van der Waals surface area contributed by atoms with Crippen molar-refractivity contribution in [2.75, 3.05) is 19.7 Å². The average molecular weight is 314 g/mol. The third-order valence-electron chi connectivity index (χ3n) is 4.05. The largest absolute Gasteiger partial charge is 0.490 e. The fraction of sp³-hybridized carbons (Fsp3) is 0.389. The van der Waals surface area contributed by atoms with E-state index in [1.165, 1.54) is 0 Å². The van der Waals surface area contributed by atoms with Crippen molar-refractivity contribution in [3.8, 4) is 5.75 Å². The minimum atomic E-state index is -0.587. The van der Waals surface area contributed by atoms with Crippen LogP contribution in [0.25, 0.3) is 10.8 Å². The maximum atomic E-state index is 11.6. The predicted octanol–water partition coefficient (Wildman–Crippen LogP) is 2.52. The van der Waals surface area contributed by atoms with Gasteiger partial charge in [0.2, 0.25) is 0 Å². The predicted molar refractivity (Wildman–Crippen MR) is 89.8 cm³/mol. The first-order valence-electron chi connectivity index (χ1n) is 8.07. The number of carbonyl (C=O) groups excluding carboxylic acids is 1. The van der Waals surface area contributed by atoms with Crippen LogP contribution >= 0.6 is 0 Å². The quantitative estimate of drug-likeness (QED) is 0.794. The highest BCUT2D eigenvalue weighted by molar-refractivity contribution is 5.90. The number of hydrogen-bond donors (Lipinski definition) is 3. The highest BCUT2D eigenvalue weighted by Gasteiger charge is 2.27. The topological polar surface area (TPSA) is 70.6 Å². The molecule has 0 saturated heterocycles. The molecular formula is C18H22N2O3. The lowest BCUT2D eigenvalue weighted by Gasteiger charge is -2.12. The number of ether oxygens (including phenoxy) is 1. The van der Waals surface area contributed by atoms with Crippen LogP contribution in [-0.2, 0) is 6.42 Å². The second kappa shape index (κ2) is 6.87. The Hall–Kier alpha value is -2.27. The Morgan fingerprint density at radius 1 is 1.30 bits per heavy atom. The van der Waals surface area contributed by atoms with Gasteiger partial charge in [-0.25, -0.2) is 4.79 Å². The molecule has 0 aliphatic carbocycles. The van der Waals surface area contributed by atoms with Crippen molar-refractivity contribution in [2.24, 2.45) is 0 Å². The van der Waals surface area contributed by atoms with Crippen molar-refractivity contribution >= 4 is 16.8 Å². The number of hydrogen-bond acceptors (Lipinski definition) is 3. The monoisotopic (exact) mass is 314 g/mol. The van der Waals surface area contributed by atoms with Crippen molar-refractivity contribution in [3.05, 3.63) is 41.5 Å². The zero-order valence-electron chi connectivity index (χ0n) is 13.3. The molecule has 1 aliphatic rings. The molecule has 0 radical (unpaired) electrons. The molecule has 2 aromatic rings. The third-order valence-corrected chi connectivity index (χ3v) is 4.05. The minimum absolute atomic E-state index is 0.148. The van der Waals surface area contributed by atoms with E-state index in [1.807, 2.05) is 31.2 Å². The molecule has 2 amide bonds. The zero-order chi connectivity index (χ0) is 16.2. The van der Waals surface area contributed by atoms with E-state index in [1.54, 1.807) is 0 Å². The number of aliphatic hydroxyl groups excluding tert-OH is 1. The first kappa shape index (κ1) is 15.6. The number of aliphatic hydroxyl groups is 1. The Labute approximate surface area is 135 Å². The van der Waals surface area contributed by atoms with E-state index in [9.17, 15) is 9.90 Å². The maximum absolute atomic E-state index is 11.6. The highest BCUT2D eigenvalue weighted by atomic mass is 16.5. The molecule has 23 heavy (non-hydrogen) atoms. The van der Waals surface area contributed by atoms with E-state index >= 15 is 0 Å². The lowest BCUT2D eigenvalue weighted by atomic mass is 9.96. The summed E-state index contributed by atoms with van der Waals surface area (Å²) in [6, 6.07) is 9.92. The molecule has 0 aromatic heterocycles. The number of carbonyl (C=O) groups is 1. The Balaban J connectivity index is 1.78. The van der Waals surface area contributed by atoms with Crippen LogP contribution in [0.15, 0.2) is 30.3 Å². The van der Waals surface area contributed by atoms with Gasteiger partial charge in [0.25, 0.3) is 0 Å². The molecule has 2 aromatic carbocycles. The van der Waals surface area contributed by atoms with Crippen molar-refractivity contribution in [1.82, 2.24) is 10.6 Å². The molecule has 1 aliphatic heterocycles. The van der Waals surface area contributed by atoms with Gasteiger partial charge < -0.3 is 20.5 Å². The summed E-state index contributed by atoms with van der Waals surface area (Å²) in [5.41, 5.74) is 1.89. The lowest BCUT2D eigenvalue weighted by molar-refractivity contribution is 0.141. The smallest absolute Gasteiger partial charge is 0.314 e. The van der Waals surface area contributed by atoms with E-state index in [0.29, 0.717) is 26.1 Å². The molecule has 1 atom stereocenters. The minimum Gasteiger partial charge on any atom is -0.490 e. The Morgan fingerprint density at radius 2 is 2.09 bits per heavy atom. The number of rotatable bonds is 5. The molecule has 5 heteroatoms. The first-order chi connectivity index (χ1) is 11.2. The van der Waals surface area contributed by atoms with Crippen LogP contribution in [0.5, 0.6) is 5.75 Å². The molecule has 5 nitrogen and oxygen atoms in total. The molecule has 0 bridgehead atoms. The fourth-order valence-electron chi connectivity index (χ4n) is 2.96. The van der Waals surface area contributed by atoms with E-state index in [-0.39, 0.29) is 6.03 Å². The third kappa shape index (κ3) is 3.24. The van der Waals surface area contributed by atoms with Gasteiger partial charge in [0.05, 0.1) is 0 Å². The molecule has 3 rings (SSSR count). The summed E-state index contributed by atoms with van der Waals surface area (Å²) < 4.78 is 5.69. The SMILES string of the molecule is CCCNC(=O)NCCc1cc2ccccc2c2c1OCC2O. The van der Waals surface area contributed by atoms with Gasteiger partial charge in [-0.1, -0.05) is 31.2 Å². The molecule has 0 fully saturated rings. The van der Waals surface area contributed by atoms with Gasteiger partial charge in [-0.3, -0.25) is 0 Å². The van der Waals surface area contributed by atoms with Crippen LogP contribution < -0.4 is 15.4 Å². The van der Waals surface area contributed by atoms with Crippen LogP contribution in [0, 0.1) is 0 Å². The second-order valence-corrected chi connectivity index (χ2v) is 5.76. The van der Waals surface area contributed by atoms with Gasteiger partial charge in [-0.15, -0.1) is 0 Å². The summed E-state index contributed by atoms with van der Waals surface area (Å²) in [6.07, 6.45) is 0.993. The van der Waals surface area contributed by atoms with Crippen LogP contribution in [0.3, 0.4) is 0 Å². The zero-order valence-corrected chi connectivity index (χ0v) is 13.3. The summed E-state index contributed by atoms with van der Waals surface area (Å²) in [7, 11) is 0. The van der Waals surface area contributed by atoms with Crippen molar-refractivity contribution in [3.63, 3.8) is 0 Å². The van der Waals surface area contributed by atoms with Crippen molar-refractivity contribution < 1.29 is 14.6 Å². The van der Waals surface area contributed by atoms with Crippen LogP contribution in [0.2, 0.25) is 0 Å². The van der Waals surface area contributed by atoms with Gasteiger partial charge in [-0.2, -0.15) is 0 Å². The van der Waals surface area contributed by atoms with E-state index < -0.39 is 6.10 Å². The highest BCUT2D eigenvalue weighted by Crippen LogP contribution is 2.41. The van der Waals surface area contributed by atoms with Gasteiger partial charge in [-0.05, 0) is 35.2 Å². The standard InChI is InChI=1S/C18H22N2O3/c1-2-8-19-18(22)20-9-7-13-10-12-5-3-4-6-14(12)16-15(21)11-23-17(13)16/h3-6,10,15,21H,2,7-9,11H2,1H3,(H2,19,20,22). The normalized spacial score (nSPS) is 16.0. The Kier molecular flexibility index (Phi) is 4.67. The van der Waals surface area contributed by atoms with E-state index in [0.717, 1.165) is 34.1 Å². The van der Waals surface area contributed by atoms with Gasteiger partial charge in [0, 0.05) is 18.7 Å². The van der Waals surface area contributed by atoms with Crippen molar-refractivity contribution in [1.29, 1.82) is 0 Å². The van der Waals surface area contributed by atoms with E-state index in [2.05, 4.69) is 16.7 Å². The number of urea groups is 1. The van der Waals surface area contributed by atoms with Gasteiger partial charge in [0.15, 0.2) is 0 Å². The fourth-order valence-corrected chi connectivity index (χ4v) is 2.96. The molecule has 0 spiro atoms. The van der Waals surface area contributed by atoms with E-state index in [4.69, 9.17) is 4.74 Å². The summed E-state index contributed by atoms with van der Waals surface area (Å²) >= 11 is 0. The molecule has 3 N–H and O–H groups in total. The Bertz CT molecular complexity index is 715. The molecule has 122 valence electrons. The van der Waals surface area contributed by atoms with Crippen LogP contribution in [0.4, 0.5) is 4.79 Å². The number of amides is 2. The van der Waals surface area contributed by atoms with Gasteiger partial charge >= 0.3 is 6.03 Å². The maximum Gasteiger partial charge on any atom is 0.314 e.